The molecule has 1 amide bonds. The largest absolute Gasteiger partial charge is 0.336 e. The highest BCUT2D eigenvalue weighted by atomic mass is 16.2. The Morgan fingerprint density at radius 3 is 2.05 bits per heavy atom. The Kier molecular flexibility index (Phi) is 4.34. The molecule has 3 heteroatoms. The van der Waals surface area contributed by atoms with Crippen LogP contribution in [-0.4, -0.2) is 28.9 Å². The molecule has 2 unspecified atom stereocenters. The Labute approximate surface area is 123 Å². The first kappa shape index (κ1) is 14.4. The summed E-state index contributed by atoms with van der Waals surface area (Å²) >= 11 is 0. The molecule has 3 aliphatic rings. The fourth-order valence-corrected chi connectivity index (χ4v) is 4.29. The molecule has 3 fully saturated rings. The highest BCUT2D eigenvalue weighted by Crippen LogP contribution is 2.38. The average molecular weight is 278 g/mol. The highest BCUT2D eigenvalue weighted by Gasteiger charge is 2.42. The lowest BCUT2D eigenvalue weighted by molar-refractivity contribution is -0.139. The van der Waals surface area contributed by atoms with Crippen LogP contribution in [0.1, 0.15) is 71.1 Å². The zero-order valence-corrected chi connectivity index (χ0v) is 12.9. The van der Waals surface area contributed by atoms with Crippen molar-refractivity contribution in [1.29, 1.82) is 0 Å². The van der Waals surface area contributed by atoms with Crippen LogP contribution in [0, 0.1) is 11.8 Å². The summed E-state index contributed by atoms with van der Waals surface area (Å²) in [5, 5.41) is 0. The number of nitrogens with zero attached hydrogens (tertiary/aromatic N) is 1. The summed E-state index contributed by atoms with van der Waals surface area (Å²) in [5.41, 5.74) is 6.00. The van der Waals surface area contributed by atoms with Crippen LogP contribution in [0.4, 0.5) is 0 Å². The fourth-order valence-electron chi connectivity index (χ4n) is 4.29. The number of nitrogens with two attached hydrogens (primary N) is 1. The SMILES string of the molecule is CCC1CCC(N(C(=O)C2CCC(N)C2)C2CC2)CC1. The van der Waals surface area contributed by atoms with E-state index in [4.69, 9.17) is 5.73 Å². The summed E-state index contributed by atoms with van der Waals surface area (Å²) in [6.45, 7) is 2.30. The maximum atomic E-state index is 12.9. The predicted octanol–water partition coefficient (Wildman–Crippen LogP) is 3.07. The van der Waals surface area contributed by atoms with Gasteiger partial charge in [0.25, 0.3) is 0 Å². The molecule has 3 nitrogen and oxygen atoms in total. The molecule has 3 saturated carbocycles. The van der Waals surface area contributed by atoms with Crippen molar-refractivity contribution in [2.45, 2.75) is 89.3 Å². The van der Waals surface area contributed by atoms with E-state index >= 15 is 0 Å². The Bertz CT molecular complexity index is 345. The lowest BCUT2D eigenvalue weighted by atomic mass is 9.83. The van der Waals surface area contributed by atoms with Crippen molar-refractivity contribution in [1.82, 2.24) is 4.90 Å². The number of amides is 1. The van der Waals surface area contributed by atoms with Gasteiger partial charge in [-0.1, -0.05) is 13.3 Å². The molecule has 0 aromatic heterocycles. The van der Waals surface area contributed by atoms with E-state index in [1.807, 2.05) is 0 Å². The van der Waals surface area contributed by atoms with Crippen molar-refractivity contribution in [2.24, 2.45) is 17.6 Å². The molecule has 0 aliphatic heterocycles. The van der Waals surface area contributed by atoms with Gasteiger partial charge >= 0.3 is 0 Å². The molecule has 20 heavy (non-hydrogen) atoms. The van der Waals surface area contributed by atoms with Crippen LogP contribution in [0.3, 0.4) is 0 Å². The number of carbonyl (C=O) groups is 1. The minimum absolute atomic E-state index is 0.231. The van der Waals surface area contributed by atoms with Gasteiger partial charge in [0.05, 0.1) is 0 Å². The van der Waals surface area contributed by atoms with Gasteiger partial charge in [-0.2, -0.15) is 0 Å². The van der Waals surface area contributed by atoms with Crippen LogP contribution < -0.4 is 5.73 Å². The Morgan fingerprint density at radius 2 is 1.60 bits per heavy atom. The normalized spacial score (nSPS) is 37.9. The van der Waals surface area contributed by atoms with Gasteiger partial charge in [-0.15, -0.1) is 0 Å². The van der Waals surface area contributed by atoms with Crippen LogP contribution in [0.5, 0.6) is 0 Å². The zero-order valence-electron chi connectivity index (χ0n) is 12.9. The van der Waals surface area contributed by atoms with Crippen molar-refractivity contribution in [3.05, 3.63) is 0 Å². The summed E-state index contributed by atoms with van der Waals surface area (Å²) in [5.74, 6) is 1.58. The highest BCUT2D eigenvalue weighted by molar-refractivity contribution is 5.80. The van der Waals surface area contributed by atoms with Gasteiger partial charge in [0.1, 0.15) is 0 Å². The smallest absolute Gasteiger partial charge is 0.226 e. The third kappa shape index (κ3) is 3.03. The van der Waals surface area contributed by atoms with Crippen molar-refractivity contribution in [2.75, 3.05) is 0 Å². The van der Waals surface area contributed by atoms with Crippen molar-refractivity contribution in [3.8, 4) is 0 Å². The molecular weight excluding hydrogens is 248 g/mol. The van der Waals surface area contributed by atoms with Gasteiger partial charge in [0.2, 0.25) is 5.91 Å². The number of carbonyl (C=O) groups excluding carboxylic acids is 1. The third-order valence-corrected chi connectivity index (χ3v) is 5.80. The summed E-state index contributed by atoms with van der Waals surface area (Å²) in [4.78, 5) is 15.2. The molecule has 0 bridgehead atoms. The predicted molar refractivity (Wildman–Crippen MR) is 81.2 cm³/mol. The second-order valence-electron chi connectivity index (χ2n) is 7.33. The van der Waals surface area contributed by atoms with Crippen LogP contribution in [0.2, 0.25) is 0 Å². The molecule has 0 aromatic rings. The molecule has 0 radical (unpaired) electrons. The Balaban J connectivity index is 1.62. The van der Waals surface area contributed by atoms with E-state index in [2.05, 4.69) is 11.8 Å². The van der Waals surface area contributed by atoms with Crippen LogP contribution >= 0.6 is 0 Å². The van der Waals surface area contributed by atoms with Crippen LogP contribution in [-0.2, 0) is 4.79 Å². The zero-order chi connectivity index (χ0) is 14.1. The van der Waals surface area contributed by atoms with Crippen LogP contribution in [0.25, 0.3) is 0 Å². The second-order valence-corrected chi connectivity index (χ2v) is 7.33. The quantitative estimate of drug-likeness (QED) is 0.859. The molecule has 114 valence electrons. The van der Waals surface area contributed by atoms with E-state index in [9.17, 15) is 4.79 Å². The molecule has 0 spiro atoms. The van der Waals surface area contributed by atoms with Crippen LogP contribution in [0.15, 0.2) is 0 Å². The van der Waals surface area contributed by atoms with Crippen molar-refractivity contribution < 1.29 is 4.79 Å². The summed E-state index contributed by atoms with van der Waals surface area (Å²) in [7, 11) is 0. The molecular formula is C17H30N2O. The maximum absolute atomic E-state index is 12.9. The van der Waals surface area contributed by atoms with Crippen molar-refractivity contribution in [3.63, 3.8) is 0 Å². The lowest BCUT2D eigenvalue weighted by Gasteiger charge is -2.38. The maximum Gasteiger partial charge on any atom is 0.226 e. The molecule has 0 aromatic carbocycles. The van der Waals surface area contributed by atoms with Crippen molar-refractivity contribution >= 4 is 5.91 Å². The van der Waals surface area contributed by atoms with Gasteiger partial charge in [0.15, 0.2) is 0 Å². The molecule has 2 atom stereocenters. The Morgan fingerprint density at radius 1 is 1.00 bits per heavy atom. The van der Waals surface area contributed by atoms with Gasteiger partial charge in [-0.3, -0.25) is 4.79 Å². The van der Waals surface area contributed by atoms with E-state index in [0.29, 0.717) is 18.0 Å². The molecule has 3 rings (SSSR count). The van der Waals surface area contributed by atoms with E-state index in [-0.39, 0.29) is 12.0 Å². The molecule has 0 heterocycles. The lowest BCUT2D eigenvalue weighted by Crippen LogP contribution is -2.46. The summed E-state index contributed by atoms with van der Waals surface area (Å²) < 4.78 is 0. The standard InChI is InChI=1S/C17H30N2O/c1-2-12-3-7-15(8-4-12)19(16-9-10-16)17(20)13-5-6-14(18)11-13/h12-16H,2-11,18H2,1H3. The van der Waals surface area contributed by atoms with E-state index < -0.39 is 0 Å². The van der Waals surface area contributed by atoms with E-state index in [1.54, 1.807) is 0 Å². The summed E-state index contributed by atoms with van der Waals surface area (Å²) in [6.07, 6.45) is 11.9. The molecule has 2 N–H and O–H groups in total. The van der Waals surface area contributed by atoms with E-state index in [1.165, 1.54) is 44.9 Å². The number of rotatable bonds is 4. The number of hydrogen-bond acceptors (Lipinski definition) is 2. The Hall–Kier alpha value is -0.570. The summed E-state index contributed by atoms with van der Waals surface area (Å²) in [6, 6.07) is 1.37. The first-order valence-electron chi connectivity index (χ1n) is 8.76. The minimum Gasteiger partial charge on any atom is -0.336 e. The first-order chi connectivity index (χ1) is 9.69. The third-order valence-electron chi connectivity index (χ3n) is 5.80. The van der Waals surface area contributed by atoms with Gasteiger partial charge in [-0.05, 0) is 63.7 Å². The molecule has 3 aliphatic carbocycles. The topological polar surface area (TPSA) is 46.3 Å². The first-order valence-corrected chi connectivity index (χ1v) is 8.76. The second kappa shape index (κ2) is 6.05. The van der Waals surface area contributed by atoms with E-state index in [0.717, 1.165) is 25.2 Å². The average Bonchev–Trinajstić information content (AvgIpc) is 3.20. The fraction of sp³-hybridized carbons (Fsp3) is 0.941. The van der Waals surface area contributed by atoms with Gasteiger partial charge < -0.3 is 10.6 Å². The van der Waals surface area contributed by atoms with Gasteiger partial charge in [0, 0.05) is 24.0 Å². The number of hydrogen-bond donors (Lipinski definition) is 1. The van der Waals surface area contributed by atoms with Gasteiger partial charge in [-0.25, -0.2) is 0 Å². The molecule has 0 saturated heterocycles. The minimum atomic E-state index is 0.231. The monoisotopic (exact) mass is 278 g/mol.